The van der Waals surface area contributed by atoms with Crippen LogP contribution in [0.15, 0.2) is 66.0 Å². The van der Waals surface area contributed by atoms with E-state index in [1.165, 1.54) is 12.1 Å². The molecule has 1 aliphatic heterocycles. The number of aromatic nitrogens is 2. The van der Waals surface area contributed by atoms with Crippen molar-refractivity contribution >= 4 is 17.1 Å². The van der Waals surface area contributed by atoms with Crippen LogP contribution in [0.25, 0.3) is 0 Å². The second-order valence-electron chi connectivity index (χ2n) is 6.56. The van der Waals surface area contributed by atoms with Crippen LogP contribution >= 0.6 is 0 Å². The molecule has 28 heavy (non-hydrogen) atoms. The van der Waals surface area contributed by atoms with Crippen LogP contribution in [0.3, 0.4) is 0 Å². The van der Waals surface area contributed by atoms with Crippen molar-refractivity contribution in [1.82, 2.24) is 9.78 Å². The molecule has 2 heterocycles. The lowest BCUT2D eigenvalue weighted by Crippen LogP contribution is -2.18. The lowest BCUT2D eigenvalue weighted by Gasteiger charge is -2.22. The van der Waals surface area contributed by atoms with E-state index >= 15 is 0 Å². The van der Waals surface area contributed by atoms with Crippen molar-refractivity contribution in [2.75, 3.05) is 5.01 Å². The normalized spacial score (nSPS) is 16.2. The van der Waals surface area contributed by atoms with Gasteiger partial charge in [0.05, 0.1) is 28.6 Å². The van der Waals surface area contributed by atoms with Gasteiger partial charge in [-0.1, -0.05) is 12.1 Å². The zero-order valence-corrected chi connectivity index (χ0v) is 15.3. The van der Waals surface area contributed by atoms with Crippen molar-refractivity contribution in [3.05, 3.63) is 82.2 Å². The molecule has 142 valence electrons. The van der Waals surface area contributed by atoms with E-state index < -0.39 is 4.92 Å². The Kier molecular flexibility index (Phi) is 4.52. The quantitative estimate of drug-likeness (QED) is 0.538. The van der Waals surface area contributed by atoms with Gasteiger partial charge in [-0.3, -0.25) is 19.8 Å². The average molecular weight is 377 g/mol. The molecule has 1 aliphatic rings. The molecule has 3 aromatic rings. The Balaban J connectivity index is 1.73. The number of rotatable bonds is 5. The van der Waals surface area contributed by atoms with Gasteiger partial charge in [-0.2, -0.15) is 10.2 Å². The fourth-order valence-electron chi connectivity index (χ4n) is 3.32. The van der Waals surface area contributed by atoms with Crippen LogP contribution in [0, 0.1) is 10.1 Å². The van der Waals surface area contributed by atoms with Crippen LogP contribution in [0.4, 0.5) is 11.4 Å². The SMILES string of the molecule is CCn1cc([C@H]2CC(c3cccc(O)c3)=NN2c2ccc([N+](=O)[O-])cc2)cn1. The first kappa shape index (κ1) is 17.7. The molecule has 0 radical (unpaired) electrons. The number of non-ortho nitro benzene ring substituents is 1. The molecule has 4 rings (SSSR count). The number of aryl methyl sites for hydroxylation is 1. The number of phenolic OH excluding ortho intramolecular Hbond substituents is 1. The summed E-state index contributed by atoms with van der Waals surface area (Å²) in [7, 11) is 0. The Morgan fingerprint density at radius 1 is 1.25 bits per heavy atom. The van der Waals surface area contributed by atoms with Crippen LogP contribution < -0.4 is 5.01 Å². The van der Waals surface area contributed by atoms with Crippen molar-refractivity contribution in [1.29, 1.82) is 0 Å². The number of aromatic hydroxyl groups is 1. The molecule has 8 heteroatoms. The van der Waals surface area contributed by atoms with Crippen molar-refractivity contribution in [3.63, 3.8) is 0 Å². The summed E-state index contributed by atoms with van der Waals surface area (Å²) in [6.07, 6.45) is 4.45. The Hall–Kier alpha value is -3.68. The van der Waals surface area contributed by atoms with Crippen LogP contribution in [0.1, 0.15) is 30.5 Å². The van der Waals surface area contributed by atoms with Crippen molar-refractivity contribution in [3.8, 4) is 5.75 Å². The van der Waals surface area contributed by atoms with Gasteiger partial charge in [0.15, 0.2) is 0 Å². The van der Waals surface area contributed by atoms with Crippen molar-refractivity contribution < 1.29 is 10.0 Å². The summed E-state index contributed by atoms with van der Waals surface area (Å²) >= 11 is 0. The van der Waals surface area contributed by atoms with E-state index in [1.54, 1.807) is 30.3 Å². The van der Waals surface area contributed by atoms with Gasteiger partial charge >= 0.3 is 0 Å². The molecule has 1 aromatic heterocycles. The molecule has 0 amide bonds. The van der Waals surface area contributed by atoms with Gasteiger partial charge in [-0.15, -0.1) is 0 Å². The molecule has 1 atom stereocenters. The molecule has 0 unspecified atom stereocenters. The highest BCUT2D eigenvalue weighted by molar-refractivity contribution is 6.03. The maximum absolute atomic E-state index is 11.0. The molecule has 0 fully saturated rings. The number of nitro benzene ring substituents is 1. The molecule has 2 aromatic carbocycles. The highest BCUT2D eigenvalue weighted by Gasteiger charge is 2.31. The minimum atomic E-state index is -0.419. The second kappa shape index (κ2) is 7.15. The number of nitrogens with zero attached hydrogens (tertiary/aromatic N) is 5. The molecule has 0 spiro atoms. The van der Waals surface area contributed by atoms with E-state index in [0.29, 0.717) is 6.42 Å². The Bertz CT molecular complexity index is 1040. The molecule has 0 saturated carbocycles. The van der Waals surface area contributed by atoms with Gasteiger partial charge in [-0.25, -0.2) is 0 Å². The predicted molar refractivity (Wildman–Crippen MR) is 105 cm³/mol. The van der Waals surface area contributed by atoms with Crippen LogP contribution in [-0.4, -0.2) is 25.5 Å². The number of anilines is 1. The zero-order valence-electron chi connectivity index (χ0n) is 15.3. The summed E-state index contributed by atoms with van der Waals surface area (Å²) < 4.78 is 1.86. The fourth-order valence-corrected chi connectivity index (χ4v) is 3.32. The van der Waals surface area contributed by atoms with E-state index in [0.717, 1.165) is 29.1 Å². The number of hydrogen-bond acceptors (Lipinski definition) is 6. The first-order valence-corrected chi connectivity index (χ1v) is 8.98. The van der Waals surface area contributed by atoms with Crippen molar-refractivity contribution in [2.24, 2.45) is 5.10 Å². The van der Waals surface area contributed by atoms with E-state index in [9.17, 15) is 15.2 Å². The van der Waals surface area contributed by atoms with Gasteiger partial charge < -0.3 is 5.11 Å². The Morgan fingerprint density at radius 3 is 2.68 bits per heavy atom. The molecular weight excluding hydrogens is 358 g/mol. The lowest BCUT2D eigenvalue weighted by atomic mass is 10.0. The number of hydrazone groups is 1. The third kappa shape index (κ3) is 3.32. The lowest BCUT2D eigenvalue weighted by molar-refractivity contribution is -0.384. The van der Waals surface area contributed by atoms with Gasteiger partial charge in [0.1, 0.15) is 5.75 Å². The highest BCUT2D eigenvalue weighted by atomic mass is 16.6. The Morgan fingerprint density at radius 2 is 2.04 bits per heavy atom. The molecule has 0 saturated heterocycles. The molecule has 1 N–H and O–H groups in total. The fraction of sp³-hybridized carbons (Fsp3) is 0.200. The van der Waals surface area contributed by atoms with E-state index in [-0.39, 0.29) is 17.5 Å². The minimum absolute atomic E-state index is 0.0375. The van der Waals surface area contributed by atoms with Crippen LogP contribution in [-0.2, 0) is 6.54 Å². The van der Waals surface area contributed by atoms with Gasteiger partial charge in [0.25, 0.3) is 5.69 Å². The van der Waals surface area contributed by atoms with E-state index in [4.69, 9.17) is 5.10 Å². The first-order chi connectivity index (χ1) is 13.5. The third-order valence-corrected chi connectivity index (χ3v) is 4.78. The highest BCUT2D eigenvalue weighted by Crippen LogP contribution is 2.37. The minimum Gasteiger partial charge on any atom is -0.508 e. The van der Waals surface area contributed by atoms with E-state index in [1.807, 2.05) is 35.1 Å². The molecule has 8 nitrogen and oxygen atoms in total. The molecule has 0 bridgehead atoms. The zero-order chi connectivity index (χ0) is 19.7. The van der Waals surface area contributed by atoms with E-state index in [2.05, 4.69) is 5.10 Å². The van der Waals surface area contributed by atoms with Crippen molar-refractivity contribution in [2.45, 2.75) is 25.9 Å². The summed E-state index contributed by atoms with van der Waals surface area (Å²) in [6, 6.07) is 13.3. The standard InChI is InChI=1S/C20H19N5O3/c1-2-23-13-15(12-21-23)20-11-19(14-4-3-5-18(26)10-14)22-24(20)16-6-8-17(9-7-16)25(27)28/h3-10,12-13,20,26H,2,11H2,1H3/t20-/m1/s1. The summed E-state index contributed by atoms with van der Waals surface area (Å²) in [5.41, 5.74) is 3.49. The predicted octanol–water partition coefficient (Wildman–Crippen LogP) is 3.87. The van der Waals surface area contributed by atoms with Crippen LogP contribution in [0.5, 0.6) is 5.75 Å². The topological polar surface area (TPSA) is 96.8 Å². The first-order valence-electron chi connectivity index (χ1n) is 8.98. The van der Waals surface area contributed by atoms with Gasteiger partial charge in [0.2, 0.25) is 0 Å². The second-order valence-corrected chi connectivity index (χ2v) is 6.56. The summed E-state index contributed by atoms with van der Waals surface area (Å²) in [6.45, 7) is 2.79. The van der Waals surface area contributed by atoms with Gasteiger partial charge in [-0.05, 0) is 31.2 Å². The monoisotopic (exact) mass is 377 g/mol. The number of hydrogen-bond donors (Lipinski definition) is 1. The maximum atomic E-state index is 11.0. The number of nitro groups is 1. The average Bonchev–Trinajstić information content (AvgIpc) is 3.35. The summed E-state index contributed by atoms with van der Waals surface area (Å²) in [4.78, 5) is 10.5. The maximum Gasteiger partial charge on any atom is 0.269 e. The van der Waals surface area contributed by atoms with Gasteiger partial charge in [0, 0.05) is 42.4 Å². The summed E-state index contributed by atoms with van der Waals surface area (Å²) in [5.74, 6) is 0.185. The summed E-state index contributed by atoms with van der Waals surface area (Å²) in [5, 5.41) is 31.8. The largest absolute Gasteiger partial charge is 0.508 e. The Labute approximate surface area is 161 Å². The van der Waals surface area contributed by atoms with Crippen LogP contribution in [0.2, 0.25) is 0 Å². The molecular formula is C20H19N5O3. The molecule has 0 aliphatic carbocycles. The third-order valence-electron chi connectivity index (χ3n) is 4.78. The number of phenols is 1. The smallest absolute Gasteiger partial charge is 0.269 e. The number of benzene rings is 2.